The van der Waals surface area contributed by atoms with Crippen LogP contribution in [0.4, 0.5) is 5.82 Å². The first-order chi connectivity index (χ1) is 13.9. The summed E-state index contributed by atoms with van der Waals surface area (Å²) in [6.07, 6.45) is 1.41. The number of aromatic nitrogens is 1. The van der Waals surface area contributed by atoms with Gasteiger partial charge in [-0.15, -0.1) is 0 Å². The van der Waals surface area contributed by atoms with Gasteiger partial charge in [0.1, 0.15) is 16.5 Å². The quantitative estimate of drug-likeness (QED) is 0.697. The van der Waals surface area contributed by atoms with Crippen molar-refractivity contribution in [2.24, 2.45) is 0 Å². The number of anilines is 1. The Labute approximate surface area is 172 Å². The summed E-state index contributed by atoms with van der Waals surface area (Å²) in [6.45, 7) is 2.21. The van der Waals surface area contributed by atoms with Crippen LogP contribution < -0.4 is 10.1 Å². The van der Waals surface area contributed by atoms with Gasteiger partial charge in [0.15, 0.2) is 0 Å². The maximum absolute atomic E-state index is 12.7. The summed E-state index contributed by atoms with van der Waals surface area (Å²) < 4.78 is 37.3. The second kappa shape index (κ2) is 9.53. The van der Waals surface area contributed by atoms with Crippen molar-refractivity contribution in [3.63, 3.8) is 0 Å². The van der Waals surface area contributed by atoms with Gasteiger partial charge in [0.25, 0.3) is 0 Å². The highest BCUT2D eigenvalue weighted by atomic mass is 32.2. The molecule has 1 aromatic heterocycles. The molecular formula is C20H28N4O4S. The van der Waals surface area contributed by atoms with Crippen molar-refractivity contribution in [1.29, 1.82) is 0 Å². The van der Waals surface area contributed by atoms with Crippen LogP contribution in [0, 0.1) is 0 Å². The third-order valence-electron chi connectivity index (χ3n) is 4.94. The average Bonchev–Trinajstić information content (AvgIpc) is 2.75. The first-order valence-electron chi connectivity index (χ1n) is 9.50. The molecule has 158 valence electrons. The summed E-state index contributed by atoms with van der Waals surface area (Å²) in [5.74, 6) is 1.45. The van der Waals surface area contributed by atoms with E-state index >= 15 is 0 Å². The Hall–Kier alpha value is -2.20. The van der Waals surface area contributed by atoms with Gasteiger partial charge in [-0.25, -0.2) is 13.4 Å². The molecule has 8 nitrogen and oxygen atoms in total. The smallest absolute Gasteiger partial charge is 0.244 e. The molecule has 0 aliphatic carbocycles. The molecule has 1 aromatic carbocycles. The fraction of sp³-hybridized carbons (Fsp3) is 0.450. The lowest BCUT2D eigenvalue weighted by Crippen LogP contribution is -2.40. The molecule has 2 aromatic rings. The summed E-state index contributed by atoms with van der Waals surface area (Å²) in [7, 11) is 2.15. The van der Waals surface area contributed by atoms with Crippen LogP contribution in [-0.4, -0.2) is 76.7 Å². The van der Waals surface area contributed by atoms with E-state index in [9.17, 15) is 8.42 Å². The number of nitrogens with zero attached hydrogens (tertiary/aromatic N) is 3. The number of methoxy groups -OCH3 is 1. The SMILES string of the molecule is COc1ccc([C@@H](CNc2ccc(S(=O)(=O)N3CCOCC3)cn2)N(C)C)cc1. The zero-order chi connectivity index (χ0) is 20.9. The number of hydrogen-bond acceptors (Lipinski definition) is 7. The van der Waals surface area contributed by atoms with Gasteiger partial charge < -0.3 is 19.7 Å². The minimum absolute atomic E-state index is 0.125. The van der Waals surface area contributed by atoms with Gasteiger partial charge in [-0.1, -0.05) is 12.1 Å². The van der Waals surface area contributed by atoms with Crippen molar-refractivity contribution in [2.45, 2.75) is 10.9 Å². The van der Waals surface area contributed by atoms with Gasteiger partial charge in [0.2, 0.25) is 10.0 Å². The molecule has 9 heteroatoms. The molecule has 0 radical (unpaired) electrons. The number of benzene rings is 1. The predicted molar refractivity (Wildman–Crippen MR) is 112 cm³/mol. The van der Waals surface area contributed by atoms with Crippen molar-refractivity contribution < 1.29 is 17.9 Å². The number of pyridine rings is 1. The molecule has 29 heavy (non-hydrogen) atoms. The second-order valence-corrected chi connectivity index (χ2v) is 8.97. The highest BCUT2D eigenvalue weighted by Gasteiger charge is 2.26. The molecule has 0 bridgehead atoms. The molecule has 1 aliphatic rings. The lowest BCUT2D eigenvalue weighted by molar-refractivity contribution is 0.0730. The topological polar surface area (TPSA) is 84.0 Å². The first-order valence-corrected chi connectivity index (χ1v) is 10.9. The summed E-state index contributed by atoms with van der Waals surface area (Å²) >= 11 is 0. The number of nitrogens with one attached hydrogen (secondary N) is 1. The Balaban J connectivity index is 1.66. The number of likely N-dealkylation sites (N-methyl/N-ethyl adjacent to an activating group) is 1. The van der Waals surface area contributed by atoms with Gasteiger partial charge in [0.05, 0.1) is 26.4 Å². The number of morpholine rings is 1. The van der Waals surface area contributed by atoms with Crippen LogP contribution in [0.25, 0.3) is 0 Å². The molecule has 3 rings (SSSR count). The minimum Gasteiger partial charge on any atom is -0.497 e. The van der Waals surface area contributed by atoms with Gasteiger partial charge in [-0.3, -0.25) is 0 Å². The minimum atomic E-state index is -3.53. The van der Waals surface area contributed by atoms with Crippen molar-refractivity contribution in [3.8, 4) is 5.75 Å². The molecule has 1 fully saturated rings. The van der Waals surface area contributed by atoms with Crippen molar-refractivity contribution in [1.82, 2.24) is 14.2 Å². The number of hydrogen-bond donors (Lipinski definition) is 1. The van der Waals surface area contributed by atoms with Gasteiger partial charge in [-0.05, 0) is 43.9 Å². The molecular weight excluding hydrogens is 392 g/mol. The van der Waals surface area contributed by atoms with Crippen LogP contribution >= 0.6 is 0 Å². The van der Waals surface area contributed by atoms with Crippen LogP contribution in [0.1, 0.15) is 11.6 Å². The molecule has 0 unspecified atom stereocenters. The standard InChI is InChI=1S/C20H28N4O4S/c1-23(2)19(16-4-6-17(27-3)7-5-16)15-22-20-9-8-18(14-21-20)29(25,26)24-10-12-28-13-11-24/h4-9,14,19H,10-13,15H2,1-3H3,(H,21,22)/t19-/m1/s1. The number of rotatable bonds is 8. The van der Waals surface area contributed by atoms with E-state index in [0.717, 1.165) is 11.3 Å². The largest absolute Gasteiger partial charge is 0.497 e. The Morgan fingerprint density at radius 3 is 2.41 bits per heavy atom. The molecule has 2 heterocycles. The van der Waals surface area contributed by atoms with E-state index in [4.69, 9.17) is 9.47 Å². The highest BCUT2D eigenvalue weighted by molar-refractivity contribution is 7.89. The Kier molecular flexibility index (Phi) is 7.07. The summed E-state index contributed by atoms with van der Waals surface area (Å²) in [6, 6.07) is 11.4. The third kappa shape index (κ3) is 5.24. The molecule has 0 spiro atoms. The van der Waals surface area contributed by atoms with E-state index in [1.807, 2.05) is 38.4 Å². The molecule has 1 N–H and O–H groups in total. The van der Waals surface area contributed by atoms with E-state index in [1.165, 1.54) is 10.5 Å². The monoisotopic (exact) mass is 420 g/mol. The van der Waals surface area contributed by atoms with E-state index in [0.29, 0.717) is 38.7 Å². The van der Waals surface area contributed by atoms with Crippen LogP contribution in [0.5, 0.6) is 5.75 Å². The second-order valence-electron chi connectivity index (χ2n) is 7.03. The lowest BCUT2D eigenvalue weighted by Gasteiger charge is -2.26. The Bertz CT molecular complexity index is 880. The molecule has 1 aliphatic heterocycles. The van der Waals surface area contributed by atoms with E-state index in [1.54, 1.807) is 19.2 Å². The highest BCUT2D eigenvalue weighted by Crippen LogP contribution is 2.22. The Morgan fingerprint density at radius 2 is 1.86 bits per heavy atom. The normalized spacial score (nSPS) is 16.6. The molecule has 0 saturated carbocycles. The van der Waals surface area contributed by atoms with E-state index in [2.05, 4.69) is 15.2 Å². The fourth-order valence-corrected chi connectivity index (χ4v) is 4.55. The zero-order valence-electron chi connectivity index (χ0n) is 17.0. The predicted octanol–water partition coefficient (Wildman–Crippen LogP) is 1.83. The lowest BCUT2D eigenvalue weighted by atomic mass is 10.1. The average molecular weight is 421 g/mol. The van der Waals surface area contributed by atoms with Crippen LogP contribution in [0.15, 0.2) is 47.5 Å². The maximum atomic E-state index is 12.7. The third-order valence-corrected chi connectivity index (χ3v) is 6.83. The summed E-state index contributed by atoms with van der Waals surface area (Å²) in [5.41, 5.74) is 1.15. The van der Waals surface area contributed by atoms with Crippen LogP contribution in [0.2, 0.25) is 0 Å². The van der Waals surface area contributed by atoms with Crippen LogP contribution in [-0.2, 0) is 14.8 Å². The number of sulfonamides is 1. The Morgan fingerprint density at radius 1 is 1.17 bits per heavy atom. The molecule has 1 saturated heterocycles. The maximum Gasteiger partial charge on any atom is 0.244 e. The molecule has 0 amide bonds. The molecule has 1 atom stereocenters. The van der Waals surface area contributed by atoms with Gasteiger partial charge in [0, 0.05) is 25.8 Å². The fourth-order valence-electron chi connectivity index (χ4n) is 3.20. The zero-order valence-corrected chi connectivity index (χ0v) is 17.9. The van der Waals surface area contributed by atoms with Gasteiger partial charge in [-0.2, -0.15) is 4.31 Å². The van der Waals surface area contributed by atoms with Crippen LogP contribution in [0.3, 0.4) is 0 Å². The van der Waals surface area contributed by atoms with E-state index in [-0.39, 0.29) is 10.9 Å². The van der Waals surface area contributed by atoms with Crippen molar-refractivity contribution in [3.05, 3.63) is 48.2 Å². The summed E-state index contributed by atoms with van der Waals surface area (Å²) in [4.78, 5) is 6.62. The van der Waals surface area contributed by atoms with Gasteiger partial charge >= 0.3 is 0 Å². The number of ether oxygens (including phenoxy) is 2. The van der Waals surface area contributed by atoms with E-state index < -0.39 is 10.0 Å². The summed E-state index contributed by atoms with van der Waals surface area (Å²) in [5, 5.41) is 3.30. The van der Waals surface area contributed by atoms with Crippen molar-refractivity contribution >= 4 is 15.8 Å². The first kappa shape index (κ1) is 21.5. The van der Waals surface area contributed by atoms with Crippen molar-refractivity contribution in [2.75, 3.05) is 59.4 Å².